The quantitative estimate of drug-likeness (QED) is 0.180. The van der Waals surface area contributed by atoms with Gasteiger partial charge in [-0.15, -0.1) is 0 Å². The summed E-state index contributed by atoms with van der Waals surface area (Å²) in [6.45, 7) is 5.63. The topological polar surface area (TPSA) is 118 Å². The predicted molar refractivity (Wildman–Crippen MR) is 115 cm³/mol. The lowest BCUT2D eigenvalue weighted by atomic mass is 10.1. The molecule has 1 rings (SSSR count). The van der Waals surface area contributed by atoms with E-state index in [2.05, 4.69) is 5.32 Å². The minimum absolute atomic E-state index is 0.110. The highest BCUT2D eigenvalue weighted by Gasteiger charge is 2.18. The molecule has 1 amide bonds. The van der Waals surface area contributed by atoms with Gasteiger partial charge in [-0.2, -0.15) is 5.06 Å². The standard InChI is InChI=1S/C22H33N3O6/c1-17(2)16-25(31-18(3)26)21(23)24-22(28)30-15-8-7-14-29-20(27)13-9-12-19-10-5-4-6-11-19/h4-6,10-11,17H,7-9,12-16H2,1-3H3,(H2,23,24,28). The Bertz CT molecular complexity index is 708. The minimum atomic E-state index is -0.816. The number of ether oxygens (including phenoxy) is 2. The van der Waals surface area contributed by atoms with Crippen LogP contribution in [0, 0.1) is 11.3 Å². The first-order valence-electron chi connectivity index (χ1n) is 10.5. The molecule has 1 aromatic carbocycles. The number of amides is 1. The van der Waals surface area contributed by atoms with Crippen molar-refractivity contribution in [3.05, 3.63) is 35.9 Å². The maximum Gasteiger partial charge on any atom is 0.414 e. The molecule has 31 heavy (non-hydrogen) atoms. The molecule has 172 valence electrons. The van der Waals surface area contributed by atoms with E-state index in [9.17, 15) is 14.4 Å². The van der Waals surface area contributed by atoms with Gasteiger partial charge >= 0.3 is 18.0 Å². The van der Waals surface area contributed by atoms with Crippen LogP contribution in [0.4, 0.5) is 4.79 Å². The summed E-state index contributed by atoms with van der Waals surface area (Å²) in [5.74, 6) is -1.09. The second-order valence-electron chi connectivity index (χ2n) is 7.41. The van der Waals surface area contributed by atoms with Crippen LogP contribution in [0.3, 0.4) is 0 Å². The number of nitrogens with one attached hydrogen (secondary N) is 2. The van der Waals surface area contributed by atoms with Crippen LogP contribution >= 0.6 is 0 Å². The van der Waals surface area contributed by atoms with Gasteiger partial charge in [0.1, 0.15) is 0 Å². The van der Waals surface area contributed by atoms with Crippen LogP contribution in [0.2, 0.25) is 0 Å². The van der Waals surface area contributed by atoms with Crippen LogP contribution in [0.1, 0.15) is 52.0 Å². The van der Waals surface area contributed by atoms with Gasteiger partial charge in [-0.25, -0.2) is 4.79 Å². The fraction of sp³-hybridized carbons (Fsp3) is 0.545. The van der Waals surface area contributed by atoms with E-state index in [1.54, 1.807) is 0 Å². The second kappa shape index (κ2) is 14.8. The summed E-state index contributed by atoms with van der Waals surface area (Å²) in [7, 11) is 0. The molecule has 0 aliphatic rings. The van der Waals surface area contributed by atoms with E-state index in [-0.39, 0.29) is 37.6 Å². The molecular weight excluding hydrogens is 402 g/mol. The van der Waals surface area contributed by atoms with E-state index in [4.69, 9.17) is 19.7 Å². The normalized spacial score (nSPS) is 10.3. The lowest BCUT2D eigenvalue weighted by Crippen LogP contribution is -2.45. The predicted octanol–water partition coefficient (Wildman–Crippen LogP) is 3.43. The minimum Gasteiger partial charge on any atom is -0.466 e. The summed E-state index contributed by atoms with van der Waals surface area (Å²) in [5, 5.41) is 11.1. The number of nitrogens with zero attached hydrogens (tertiary/aromatic N) is 1. The van der Waals surface area contributed by atoms with Gasteiger partial charge in [0.25, 0.3) is 0 Å². The van der Waals surface area contributed by atoms with E-state index in [1.165, 1.54) is 12.5 Å². The zero-order valence-electron chi connectivity index (χ0n) is 18.5. The van der Waals surface area contributed by atoms with Crippen molar-refractivity contribution in [3.63, 3.8) is 0 Å². The third kappa shape index (κ3) is 12.9. The Balaban J connectivity index is 2.11. The Morgan fingerprint density at radius 2 is 1.68 bits per heavy atom. The summed E-state index contributed by atoms with van der Waals surface area (Å²) >= 11 is 0. The van der Waals surface area contributed by atoms with Crippen molar-refractivity contribution in [1.29, 1.82) is 5.41 Å². The third-order valence-corrected chi connectivity index (χ3v) is 3.96. The molecule has 0 radical (unpaired) electrons. The van der Waals surface area contributed by atoms with E-state index in [0.29, 0.717) is 19.3 Å². The van der Waals surface area contributed by atoms with E-state index >= 15 is 0 Å². The molecular formula is C22H33N3O6. The molecule has 0 aromatic heterocycles. The number of benzene rings is 1. The fourth-order valence-electron chi connectivity index (χ4n) is 2.56. The molecule has 0 saturated carbocycles. The first-order valence-corrected chi connectivity index (χ1v) is 10.5. The molecule has 9 heteroatoms. The number of carbonyl (C=O) groups excluding carboxylic acids is 3. The van der Waals surface area contributed by atoms with Gasteiger partial charge in [0.05, 0.1) is 19.8 Å². The molecule has 0 heterocycles. The number of alkyl carbamates (subject to hydrolysis) is 1. The van der Waals surface area contributed by atoms with Gasteiger partial charge in [-0.3, -0.25) is 20.3 Å². The molecule has 9 nitrogen and oxygen atoms in total. The van der Waals surface area contributed by atoms with Crippen molar-refractivity contribution >= 4 is 24.0 Å². The number of rotatable bonds is 11. The molecule has 0 unspecified atom stereocenters. The monoisotopic (exact) mass is 435 g/mol. The van der Waals surface area contributed by atoms with Crippen LogP contribution in [-0.2, 0) is 30.3 Å². The number of hydroxylamine groups is 2. The Hall–Kier alpha value is -3.10. The zero-order valence-corrected chi connectivity index (χ0v) is 18.5. The van der Waals surface area contributed by atoms with Crippen molar-refractivity contribution in [2.75, 3.05) is 19.8 Å². The highest BCUT2D eigenvalue weighted by Crippen LogP contribution is 2.06. The molecule has 1 aromatic rings. The Morgan fingerprint density at radius 3 is 2.29 bits per heavy atom. The Labute approximate surface area is 183 Å². The van der Waals surface area contributed by atoms with Gasteiger partial charge in [0.2, 0.25) is 5.96 Å². The second-order valence-corrected chi connectivity index (χ2v) is 7.41. The van der Waals surface area contributed by atoms with Crippen LogP contribution in [0.25, 0.3) is 0 Å². The summed E-state index contributed by atoms with van der Waals surface area (Å²) in [6.07, 6.45) is 2.19. The van der Waals surface area contributed by atoms with E-state index < -0.39 is 12.1 Å². The van der Waals surface area contributed by atoms with Gasteiger partial charge in [0.15, 0.2) is 0 Å². The van der Waals surface area contributed by atoms with Crippen LogP contribution in [0.15, 0.2) is 30.3 Å². The van der Waals surface area contributed by atoms with Gasteiger partial charge in [-0.1, -0.05) is 44.2 Å². The molecule has 0 aliphatic carbocycles. The Morgan fingerprint density at radius 1 is 1.03 bits per heavy atom. The molecule has 2 N–H and O–H groups in total. The first-order chi connectivity index (χ1) is 14.8. The van der Waals surface area contributed by atoms with E-state index in [1.807, 2.05) is 44.2 Å². The molecule has 0 aliphatic heterocycles. The molecule has 0 atom stereocenters. The van der Waals surface area contributed by atoms with Gasteiger partial charge in [-0.05, 0) is 37.2 Å². The van der Waals surface area contributed by atoms with Gasteiger partial charge < -0.3 is 14.3 Å². The van der Waals surface area contributed by atoms with Crippen LogP contribution < -0.4 is 5.32 Å². The molecule has 0 bridgehead atoms. The average molecular weight is 436 g/mol. The maximum atomic E-state index is 11.8. The number of hydrogen-bond acceptors (Lipinski definition) is 7. The summed E-state index contributed by atoms with van der Waals surface area (Å²) < 4.78 is 10.2. The van der Waals surface area contributed by atoms with Crippen molar-refractivity contribution in [2.45, 2.75) is 52.9 Å². The number of esters is 1. The van der Waals surface area contributed by atoms with Crippen molar-refractivity contribution in [2.24, 2.45) is 5.92 Å². The molecule has 0 fully saturated rings. The SMILES string of the molecule is CC(=O)ON(CC(C)C)C(=N)NC(=O)OCCCCOC(=O)CCCc1ccccc1. The number of unbranched alkanes of at least 4 members (excludes halogenated alkanes) is 1. The summed E-state index contributed by atoms with van der Waals surface area (Å²) in [5.41, 5.74) is 1.19. The highest BCUT2D eigenvalue weighted by molar-refractivity contribution is 5.92. The lowest BCUT2D eigenvalue weighted by molar-refractivity contribution is -0.172. The Kier molecular flexibility index (Phi) is 12.4. The van der Waals surface area contributed by atoms with Gasteiger partial charge in [0, 0.05) is 13.3 Å². The maximum absolute atomic E-state index is 11.8. The number of hydrogen-bond donors (Lipinski definition) is 2. The molecule has 0 spiro atoms. The average Bonchev–Trinajstić information content (AvgIpc) is 2.70. The highest BCUT2D eigenvalue weighted by atomic mass is 16.7. The zero-order chi connectivity index (χ0) is 23.1. The summed E-state index contributed by atoms with van der Waals surface area (Å²) in [6, 6.07) is 9.96. The van der Waals surface area contributed by atoms with Crippen LogP contribution in [-0.4, -0.2) is 48.8 Å². The third-order valence-electron chi connectivity index (χ3n) is 3.96. The van der Waals surface area contributed by atoms with Crippen molar-refractivity contribution in [3.8, 4) is 0 Å². The van der Waals surface area contributed by atoms with E-state index in [0.717, 1.165) is 17.9 Å². The number of guanidine groups is 1. The first kappa shape index (κ1) is 25.9. The number of carbonyl (C=O) groups is 3. The number of aryl methyl sites for hydroxylation is 1. The van der Waals surface area contributed by atoms with Crippen molar-refractivity contribution in [1.82, 2.24) is 10.4 Å². The van der Waals surface area contributed by atoms with Crippen molar-refractivity contribution < 1.29 is 28.7 Å². The smallest absolute Gasteiger partial charge is 0.414 e. The lowest BCUT2D eigenvalue weighted by Gasteiger charge is -2.24. The fourth-order valence-corrected chi connectivity index (χ4v) is 2.56. The largest absolute Gasteiger partial charge is 0.466 e. The summed E-state index contributed by atoms with van der Waals surface area (Å²) in [4.78, 5) is 39.5. The molecule has 0 saturated heterocycles. The van der Waals surface area contributed by atoms with Crippen LogP contribution in [0.5, 0.6) is 0 Å².